The van der Waals surface area contributed by atoms with Gasteiger partial charge in [-0.25, -0.2) is 0 Å². The molecule has 1 aliphatic heterocycles. The predicted molar refractivity (Wildman–Crippen MR) is 62.6 cm³/mol. The Labute approximate surface area is 97.6 Å². The molecule has 0 spiro atoms. The van der Waals surface area contributed by atoms with E-state index in [0.29, 0.717) is 6.54 Å². The van der Waals surface area contributed by atoms with Crippen LogP contribution >= 0.6 is 0 Å². The number of carboxylic acid groups (broad SMARTS) is 1. The first kappa shape index (κ1) is 13.5. The van der Waals surface area contributed by atoms with E-state index in [0.717, 1.165) is 26.0 Å². The van der Waals surface area contributed by atoms with Crippen LogP contribution in [-0.2, 0) is 9.53 Å². The summed E-state index contributed by atoms with van der Waals surface area (Å²) in [6.45, 7) is 8.63. The van der Waals surface area contributed by atoms with Crippen molar-refractivity contribution in [2.75, 3.05) is 19.7 Å². The third-order valence-corrected chi connectivity index (χ3v) is 2.99. The SMILES string of the molecule is CC(C)(C)N(CCC(=O)O)CC1CCCO1. The van der Waals surface area contributed by atoms with Crippen LogP contribution < -0.4 is 0 Å². The zero-order valence-electron chi connectivity index (χ0n) is 10.5. The van der Waals surface area contributed by atoms with Crippen molar-refractivity contribution in [3.05, 3.63) is 0 Å². The summed E-state index contributed by atoms with van der Waals surface area (Å²) in [5, 5.41) is 8.73. The van der Waals surface area contributed by atoms with Crippen molar-refractivity contribution in [2.24, 2.45) is 0 Å². The second-order valence-electron chi connectivity index (χ2n) is 5.40. The van der Waals surface area contributed by atoms with E-state index in [-0.39, 0.29) is 18.1 Å². The standard InChI is InChI=1S/C12H23NO3/c1-12(2,3)13(7-6-11(14)15)9-10-5-4-8-16-10/h10H,4-9H2,1-3H3,(H,14,15). The van der Waals surface area contributed by atoms with Crippen LogP contribution in [0.15, 0.2) is 0 Å². The molecule has 1 N–H and O–H groups in total. The van der Waals surface area contributed by atoms with Gasteiger partial charge in [-0.3, -0.25) is 9.69 Å². The van der Waals surface area contributed by atoms with E-state index in [2.05, 4.69) is 25.7 Å². The Hall–Kier alpha value is -0.610. The van der Waals surface area contributed by atoms with E-state index in [1.807, 2.05) is 0 Å². The number of aliphatic carboxylic acids is 1. The minimum absolute atomic E-state index is 0.00139. The Balaban J connectivity index is 2.46. The summed E-state index contributed by atoms with van der Waals surface area (Å²) in [5.41, 5.74) is 0.00139. The lowest BCUT2D eigenvalue weighted by atomic mass is 10.0. The Bertz CT molecular complexity index is 229. The predicted octanol–water partition coefficient (Wildman–Crippen LogP) is 1.74. The average Bonchev–Trinajstić information content (AvgIpc) is 2.62. The van der Waals surface area contributed by atoms with E-state index in [1.165, 1.54) is 0 Å². The largest absolute Gasteiger partial charge is 0.481 e. The highest BCUT2D eigenvalue weighted by molar-refractivity contribution is 5.66. The molecule has 0 aromatic heterocycles. The summed E-state index contributed by atoms with van der Waals surface area (Å²) >= 11 is 0. The van der Waals surface area contributed by atoms with Gasteiger partial charge in [-0.2, -0.15) is 0 Å². The van der Waals surface area contributed by atoms with Gasteiger partial charge in [0.05, 0.1) is 12.5 Å². The molecule has 4 heteroatoms. The van der Waals surface area contributed by atoms with E-state index in [1.54, 1.807) is 0 Å². The van der Waals surface area contributed by atoms with Gasteiger partial charge in [-0.1, -0.05) is 0 Å². The molecule has 1 unspecified atom stereocenters. The smallest absolute Gasteiger partial charge is 0.304 e. The summed E-state index contributed by atoms with van der Waals surface area (Å²) < 4.78 is 5.60. The van der Waals surface area contributed by atoms with Crippen molar-refractivity contribution in [3.63, 3.8) is 0 Å². The molecular weight excluding hydrogens is 206 g/mol. The average molecular weight is 229 g/mol. The quantitative estimate of drug-likeness (QED) is 0.780. The van der Waals surface area contributed by atoms with Gasteiger partial charge in [0, 0.05) is 25.2 Å². The fraction of sp³-hybridized carbons (Fsp3) is 0.917. The van der Waals surface area contributed by atoms with E-state index in [4.69, 9.17) is 9.84 Å². The second kappa shape index (κ2) is 5.64. The van der Waals surface area contributed by atoms with Gasteiger partial charge in [0.25, 0.3) is 0 Å². The molecule has 0 aromatic rings. The molecular formula is C12H23NO3. The number of nitrogens with zero attached hydrogens (tertiary/aromatic N) is 1. The lowest BCUT2D eigenvalue weighted by molar-refractivity contribution is -0.137. The monoisotopic (exact) mass is 229 g/mol. The van der Waals surface area contributed by atoms with Crippen molar-refractivity contribution in [2.45, 2.75) is 51.7 Å². The molecule has 1 fully saturated rings. The number of rotatable bonds is 5. The lowest BCUT2D eigenvalue weighted by Gasteiger charge is -2.36. The molecule has 1 heterocycles. The fourth-order valence-electron chi connectivity index (χ4n) is 1.97. The lowest BCUT2D eigenvalue weighted by Crippen LogP contribution is -2.46. The first-order chi connectivity index (χ1) is 7.39. The normalized spacial score (nSPS) is 21.6. The van der Waals surface area contributed by atoms with Gasteiger partial charge in [0.2, 0.25) is 0 Å². The van der Waals surface area contributed by atoms with Crippen LogP contribution in [0.5, 0.6) is 0 Å². The van der Waals surface area contributed by atoms with Gasteiger partial charge >= 0.3 is 5.97 Å². The first-order valence-electron chi connectivity index (χ1n) is 5.98. The minimum atomic E-state index is -0.735. The van der Waals surface area contributed by atoms with Crippen LogP contribution in [0.4, 0.5) is 0 Å². The van der Waals surface area contributed by atoms with E-state index in [9.17, 15) is 4.79 Å². The van der Waals surface area contributed by atoms with Crippen molar-refractivity contribution in [3.8, 4) is 0 Å². The van der Waals surface area contributed by atoms with Gasteiger partial charge < -0.3 is 9.84 Å². The highest BCUT2D eigenvalue weighted by atomic mass is 16.5. The Morgan fingerprint density at radius 3 is 2.62 bits per heavy atom. The molecule has 1 rings (SSSR count). The van der Waals surface area contributed by atoms with Gasteiger partial charge in [-0.05, 0) is 33.6 Å². The number of ether oxygens (including phenoxy) is 1. The zero-order valence-corrected chi connectivity index (χ0v) is 10.5. The maximum atomic E-state index is 10.6. The second-order valence-corrected chi connectivity index (χ2v) is 5.40. The van der Waals surface area contributed by atoms with Gasteiger partial charge in [0.15, 0.2) is 0 Å². The van der Waals surface area contributed by atoms with Crippen LogP contribution in [-0.4, -0.2) is 47.3 Å². The van der Waals surface area contributed by atoms with Crippen LogP contribution in [0, 0.1) is 0 Å². The highest BCUT2D eigenvalue weighted by Crippen LogP contribution is 2.19. The van der Waals surface area contributed by atoms with Crippen LogP contribution in [0.1, 0.15) is 40.0 Å². The molecule has 94 valence electrons. The molecule has 1 atom stereocenters. The topological polar surface area (TPSA) is 49.8 Å². The molecule has 0 aliphatic carbocycles. The van der Waals surface area contributed by atoms with Crippen LogP contribution in [0.2, 0.25) is 0 Å². The fourth-order valence-corrected chi connectivity index (χ4v) is 1.97. The van der Waals surface area contributed by atoms with Crippen molar-refractivity contribution in [1.82, 2.24) is 4.90 Å². The third-order valence-electron chi connectivity index (χ3n) is 2.99. The van der Waals surface area contributed by atoms with Gasteiger partial charge in [-0.15, -0.1) is 0 Å². The molecule has 16 heavy (non-hydrogen) atoms. The van der Waals surface area contributed by atoms with Gasteiger partial charge in [0.1, 0.15) is 0 Å². The molecule has 0 saturated carbocycles. The van der Waals surface area contributed by atoms with Crippen LogP contribution in [0.3, 0.4) is 0 Å². The van der Waals surface area contributed by atoms with E-state index >= 15 is 0 Å². The number of carbonyl (C=O) groups is 1. The molecule has 0 amide bonds. The highest BCUT2D eigenvalue weighted by Gasteiger charge is 2.26. The van der Waals surface area contributed by atoms with Crippen LogP contribution in [0.25, 0.3) is 0 Å². The minimum Gasteiger partial charge on any atom is -0.481 e. The van der Waals surface area contributed by atoms with E-state index < -0.39 is 5.97 Å². The van der Waals surface area contributed by atoms with Crippen molar-refractivity contribution < 1.29 is 14.6 Å². The summed E-state index contributed by atoms with van der Waals surface area (Å²) in [4.78, 5) is 12.8. The van der Waals surface area contributed by atoms with Crippen molar-refractivity contribution in [1.29, 1.82) is 0 Å². The number of hydrogen-bond acceptors (Lipinski definition) is 3. The molecule has 0 radical (unpaired) electrons. The maximum Gasteiger partial charge on any atom is 0.304 e. The first-order valence-corrected chi connectivity index (χ1v) is 5.98. The van der Waals surface area contributed by atoms with Crippen molar-refractivity contribution >= 4 is 5.97 Å². The molecule has 1 saturated heterocycles. The number of carboxylic acids is 1. The molecule has 0 bridgehead atoms. The Kier molecular flexibility index (Phi) is 4.74. The zero-order chi connectivity index (χ0) is 12.2. The summed E-state index contributed by atoms with van der Waals surface area (Å²) in [7, 11) is 0. The molecule has 1 aliphatic rings. The molecule has 0 aromatic carbocycles. The number of hydrogen-bond donors (Lipinski definition) is 1. The summed E-state index contributed by atoms with van der Waals surface area (Å²) in [6, 6.07) is 0. The maximum absolute atomic E-state index is 10.6. The Morgan fingerprint density at radius 1 is 1.50 bits per heavy atom. The molecule has 4 nitrogen and oxygen atoms in total. The summed E-state index contributed by atoms with van der Waals surface area (Å²) in [5.74, 6) is -0.735. The third kappa shape index (κ3) is 4.49. The Morgan fingerprint density at radius 2 is 2.19 bits per heavy atom. The summed E-state index contributed by atoms with van der Waals surface area (Å²) in [6.07, 6.45) is 2.71.